The first-order chi connectivity index (χ1) is 6.15. The second-order valence-electron chi connectivity index (χ2n) is 3.57. The Labute approximate surface area is 78.7 Å². The zero-order valence-electron chi connectivity index (χ0n) is 8.07. The van der Waals surface area contributed by atoms with Gasteiger partial charge in [0.05, 0.1) is 12.1 Å². The summed E-state index contributed by atoms with van der Waals surface area (Å²) in [6.07, 6.45) is 1.87. The molecule has 0 aromatic rings. The van der Waals surface area contributed by atoms with Gasteiger partial charge in [0.25, 0.3) is 0 Å². The Kier molecular flexibility index (Phi) is 3.69. The third kappa shape index (κ3) is 2.67. The Balaban J connectivity index is 2.26. The summed E-state index contributed by atoms with van der Waals surface area (Å²) in [7, 11) is 0. The van der Waals surface area contributed by atoms with Gasteiger partial charge in [-0.2, -0.15) is 0 Å². The molecule has 0 saturated carbocycles. The van der Waals surface area contributed by atoms with Crippen molar-refractivity contribution in [3.8, 4) is 0 Å². The fourth-order valence-corrected chi connectivity index (χ4v) is 1.49. The molecule has 1 heterocycles. The van der Waals surface area contributed by atoms with E-state index < -0.39 is 0 Å². The van der Waals surface area contributed by atoms with E-state index in [2.05, 4.69) is 0 Å². The Bertz CT molecular complexity index is 184. The summed E-state index contributed by atoms with van der Waals surface area (Å²) in [5.74, 6) is 0.0308. The molecule has 1 amide bonds. The van der Waals surface area contributed by atoms with Gasteiger partial charge in [0, 0.05) is 13.1 Å². The van der Waals surface area contributed by atoms with Crippen molar-refractivity contribution in [2.24, 2.45) is 5.73 Å². The molecule has 1 aliphatic heterocycles. The summed E-state index contributed by atoms with van der Waals surface area (Å²) >= 11 is 0. The molecule has 2 atom stereocenters. The van der Waals surface area contributed by atoms with Crippen molar-refractivity contribution in [3.05, 3.63) is 0 Å². The van der Waals surface area contributed by atoms with Crippen LogP contribution in [0.25, 0.3) is 0 Å². The smallest absolute Gasteiger partial charge is 0.239 e. The van der Waals surface area contributed by atoms with Crippen LogP contribution >= 0.6 is 0 Å². The van der Waals surface area contributed by atoms with Gasteiger partial charge in [-0.3, -0.25) is 4.79 Å². The summed E-state index contributed by atoms with van der Waals surface area (Å²) in [6, 6.07) is -0.307. The lowest BCUT2D eigenvalue weighted by Gasteiger charge is -2.17. The highest BCUT2D eigenvalue weighted by Gasteiger charge is 2.27. The SMILES string of the molecule is CCC(O)CCN1CCC(N)C1=O. The molecule has 0 spiro atoms. The van der Waals surface area contributed by atoms with Crippen molar-refractivity contribution in [2.75, 3.05) is 13.1 Å². The molecule has 2 unspecified atom stereocenters. The summed E-state index contributed by atoms with van der Waals surface area (Å²) in [4.78, 5) is 13.1. The summed E-state index contributed by atoms with van der Waals surface area (Å²) in [5.41, 5.74) is 5.55. The monoisotopic (exact) mass is 186 g/mol. The number of nitrogens with two attached hydrogens (primary N) is 1. The van der Waals surface area contributed by atoms with Crippen molar-refractivity contribution < 1.29 is 9.90 Å². The largest absolute Gasteiger partial charge is 0.393 e. The van der Waals surface area contributed by atoms with E-state index in [9.17, 15) is 9.90 Å². The molecular weight excluding hydrogens is 168 g/mol. The van der Waals surface area contributed by atoms with Crippen LogP contribution in [0.3, 0.4) is 0 Å². The number of hydrogen-bond acceptors (Lipinski definition) is 3. The lowest BCUT2D eigenvalue weighted by atomic mass is 10.2. The number of rotatable bonds is 4. The van der Waals surface area contributed by atoms with Crippen LogP contribution in [0, 0.1) is 0 Å². The lowest BCUT2D eigenvalue weighted by Crippen LogP contribution is -2.35. The average molecular weight is 186 g/mol. The van der Waals surface area contributed by atoms with E-state index in [-0.39, 0.29) is 18.1 Å². The van der Waals surface area contributed by atoms with Gasteiger partial charge in [-0.25, -0.2) is 0 Å². The van der Waals surface area contributed by atoms with Gasteiger partial charge in [-0.15, -0.1) is 0 Å². The van der Waals surface area contributed by atoms with E-state index in [4.69, 9.17) is 5.73 Å². The molecule has 0 aromatic carbocycles. The molecular formula is C9H18N2O2. The number of likely N-dealkylation sites (tertiary alicyclic amines) is 1. The molecule has 4 nitrogen and oxygen atoms in total. The molecule has 3 N–H and O–H groups in total. The third-order valence-electron chi connectivity index (χ3n) is 2.54. The first-order valence-corrected chi connectivity index (χ1v) is 4.87. The van der Waals surface area contributed by atoms with Crippen LogP contribution in [-0.4, -0.2) is 41.1 Å². The zero-order chi connectivity index (χ0) is 9.84. The minimum atomic E-state index is -0.307. The number of carbonyl (C=O) groups is 1. The predicted molar refractivity (Wildman–Crippen MR) is 50.1 cm³/mol. The number of aliphatic hydroxyl groups is 1. The first-order valence-electron chi connectivity index (χ1n) is 4.87. The highest BCUT2D eigenvalue weighted by molar-refractivity contribution is 5.83. The fraction of sp³-hybridized carbons (Fsp3) is 0.889. The van der Waals surface area contributed by atoms with Crippen LogP contribution < -0.4 is 5.73 Å². The van der Waals surface area contributed by atoms with Gasteiger partial charge in [-0.05, 0) is 19.3 Å². The number of carbonyl (C=O) groups excluding carboxylic acids is 1. The van der Waals surface area contributed by atoms with E-state index in [1.54, 1.807) is 4.90 Å². The minimum Gasteiger partial charge on any atom is -0.393 e. The third-order valence-corrected chi connectivity index (χ3v) is 2.54. The quantitative estimate of drug-likeness (QED) is 0.634. The van der Waals surface area contributed by atoms with Crippen LogP contribution in [-0.2, 0) is 4.79 Å². The molecule has 0 bridgehead atoms. The second-order valence-corrected chi connectivity index (χ2v) is 3.57. The second kappa shape index (κ2) is 4.58. The predicted octanol–water partition coefficient (Wildman–Crippen LogP) is -0.293. The van der Waals surface area contributed by atoms with Gasteiger partial charge in [0.1, 0.15) is 0 Å². The van der Waals surface area contributed by atoms with E-state index in [1.807, 2.05) is 6.92 Å². The molecule has 4 heteroatoms. The maximum atomic E-state index is 11.3. The van der Waals surface area contributed by atoms with Gasteiger partial charge < -0.3 is 15.7 Å². The maximum Gasteiger partial charge on any atom is 0.239 e. The van der Waals surface area contributed by atoms with Gasteiger partial charge in [-0.1, -0.05) is 6.92 Å². The van der Waals surface area contributed by atoms with Crippen molar-refractivity contribution in [3.63, 3.8) is 0 Å². The van der Waals surface area contributed by atoms with Crippen LogP contribution in [0.4, 0.5) is 0 Å². The molecule has 1 saturated heterocycles. The molecule has 0 aromatic heterocycles. The van der Waals surface area contributed by atoms with Crippen LogP contribution in [0.2, 0.25) is 0 Å². The minimum absolute atomic E-state index is 0.0308. The van der Waals surface area contributed by atoms with Crippen LogP contribution in [0.15, 0.2) is 0 Å². The molecule has 1 rings (SSSR count). The first kappa shape index (κ1) is 10.5. The maximum absolute atomic E-state index is 11.3. The van der Waals surface area contributed by atoms with Crippen LogP contribution in [0.5, 0.6) is 0 Å². The number of amides is 1. The molecule has 1 aliphatic rings. The van der Waals surface area contributed by atoms with Gasteiger partial charge in [0.2, 0.25) is 5.91 Å². The molecule has 13 heavy (non-hydrogen) atoms. The average Bonchev–Trinajstić information content (AvgIpc) is 2.44. The Morgan fingerprint density at radius 2 is 2.46 bits per heavy atom. The summed E-state index contributed by atoms with van der Waals surface area (Å²) in [6.45, 7) is 3.32. The van der Waals surface area contributed by atoms with E-state index in [0.29, 0.717) is 13.0 Å². The van der Waals surface area contributed by atoms with Crippen LogP contribution in [0.1, 0.15) is 26.2 Å². The van der Waals surface area contributed by atoms with Crippen molar-refractivity contribution >= 4 is 5.91 Å². The molecule has 1 fully saturated rings. The lowest BCUT2D eigenvalue weighted by molar-refractivity contribution is -0.129. The van der Waals surface area contributed by atoms with Crippen molar-refractivity contribution in [1.82, 2.24) is 4.90 Å². The van der Waals surface area contributed by atoms with Gasteiger partial charge >= 0.3 is 0 Å². The summed E-state index contributed by atoms with van der Waals surface area (Å²) in [5, 5.41) is 9.30. The topological polar surface area (TPSA) is 66.6 Å². The summed E-state index contributed by atoms with van der Waals surface area (Å²) < 4.78 is 0. The Morgan fingerprint density at radius 1 is 1.77 bits per heavy atom. The normalized spacial score (nSPS) is 25.3. The highest BCUT2D eigenvalue weighted by atomic mass is 16.3. The van der Waals surface area contributed by atoms with Crippen molar-refractivity contribution in [2.45, 2.75) is 38.3 Å². The van der Waals surface area contributed by atoms with Gasteiger partial charge in [0.15, 0.2) is 0 Å². The Morgan fingerprint density at radius 3 is 2.92 bits per heavy atom. The van der Waals surface area contributed by atoms with Crippen molar-refractivity contribution in [1.29, 1.82) is 0 Å². The number of nitrogens with zero attached hydrogens (tertiary/aromatic N) is 1. The van der Waals surface area contributed by atoms with E-state index in [0.717, 1.165) is 19.4 Å². The van der Waals surface area contributed by atoms with E-state index in [1.165, 1.54) is 0 Å². The zero-order valence-corrected chi connectivity index (χ0v) is 8.07. The standard InChI is InChI=1S/C9H18N2O2/c1-2-7(12)3-5-11-6-4-8(10)9(11)13/h7-8,12H,2-6,10H2,1H3. The number of aliphatic hydroxyl groups excluding tert-OH is 1. The Hall–Kier alpha value is -0.610. The molecule has 76 valence electrons. The molecule has 0 aliphatic carbocycles. The fourth-order valence-electron chi connectivity index (χ4n) is 1.49. The number of hydrogen-bond donors (Lipinski definition) is 2. The van der Waals surface area contributed by atoms with E-state index >= 15 is 0 Å². The molecule has 0 radical (unpaired) electrons. The highest BCUT2D eigenvalue weighted by Crippen LogP contribution is 2.10.